The Morgan fingerprint density at radius 1 is 1.17 bits per heavy atom. The summed E-state index contributed by atoms with van der Waals surface area (Å²) in [6, 6.07) is 1.69. The molecule has 1 aliphatic carbocycles. The van der Waals surface area contributed by atoms with Gasteiger partial charge in [0.2, 0.25) is 0 Å². The van der Waals surface area contributed by atoms with E-state index in [4.69, 9.17) is 4.74 Å². The number of rotatable bonds is 2. The summed E-state index contributed by atoms with van der Waals surface area (Å²) in [5.74, 6) is -5.46. The van der Waals surface area contributed by atoms with Crippen LogP contribution in [0.3, 0.4) is 0 Å². The molecule has 1 aromatic rings. The van der Waals surface area contributed by atoms with Crippen molar-refractivity contribution in [2.45, 2.75) is 19.3 Å². The minimum absolute atomic E-state index is 0.129. The van der Waals surface area contributed by atoms with E-state index in [1.807, 2.05) is 0 Å². The number of esters is 1. The monoisotopic (exact) mass is 327 g/mol. The van der Waals surface area contributed by atoms with Crippen LogP contribution in [0.5, 0.6) is 0 Å². The fraction of sp³-hybridized carbons (Fsp3) is 0.500. The van der Waals surface area contributed by atoms with Crippen LogP contribution in [0.15, 0.2) is 12.1 Å². The topological polar surface area (TPSA) is 46.6 Å². The van der Waals surface area contributed by atoms with E-state index in [9.17, 15) is 22.8 Å². The number of hydrogen-bond donors (Lipinski definition) is 0. The highest BCUT2D eigenvalue weighted by Crippen LogP contribution is 2.59. The fourth-order valence-corrected chi connectivity index (χ4v) is 3.39. The molecule has 1 aromatic carbocycles. The van der Waals surface area contributed by atoms with Gasteiger partial charge in [0.05, 0.1) is 18.6 Å². The van der Waals surface area contributed by atoms with Crippen LogP contribution < -0.4 is 0 Å². The molecular formula is C16H16F3NO3. The molecule has 1 heterocycles. The molecule has 4 nitrogen and oxygen atoms in total. The molecule has 2 aliphatic rings. The molecule has 2 fully saturated rings. The third-order valence-corrected chi connectivity index (χ3v) is 4.99. The molecule has 0 bridgehead atoms. The first-order chi connectivity index (χ1) is 10.9. The number of benzene rings is 1. The summed E-state index contributed by atoms with van der Waals surface area (Å²) in [4.78, 5) is 25.3. The number of amides is 1. The first kappa shape index (κ1) is 15.8. The van der Waals surface area contributed by atoms with Crippen LogP contribution in [-0.4, -0.2) is 37.0 Å². The molecular weight excluding hydrogens is 311 g/mol. The van der Waals surface area contributed by atoms with Crippen molar-refractivity contribution < 1.29 is 27.5 Å². The molecule has 0 unspecified atom stereocenters. The van der Waals surface area contributed by atoms with Gasteiger partial charge < -0.3 is 9.64 Å². The lowest BCUT2D eigenvalue weighted by molar-refractivity contribution is -0.143. The molecule has 0 N–H and O–H groups in total. The van der Waals surface area contributed by atoms with Crippen molar-refractivity contribution in [3.8, 4) is 0 Å². The normalized spacial score (nSPS) is 22.1. The van der Waals surface area contributed by atoms with Crippen molar-refractivity contribution in [3.63, 3.8) is 0 Å². The van der Waals surface area contributed by atoms with Crippen molar-refractivity contribution in [1.82, 2.24) is 4.90 Å². The molecule has 1 amide bonds. The van der Waals surface area contributed by atoms with E-state index in [0.717, 1.165) is 18.6 Å². The average Bonchev–Trinajstić information content (AvgIpc) is 3.25. The lowest BCUT2D eigenvalue weighted by Gasteiger charge is -2.32. The van der Waals surface area contributed by atoms with E-state index < -0.39 is 28.9 Å². The average molecular weight is 327 g/mol. The number of carbonyl (C=O) groups excluding carboxylic acids is 2. The van der Waals surface area contributed by atoms with Crippen molar-refractivity contribution >= 4 is 11.9 Å². The predicted octanol–water partition coefficient (Wildman–Crippen LogP) is 2.52. The summed E-state index contributed by atoms with van der Waals surface area (Å²) in [5.41, 5.74) is -0.601. The van der Waals surface area contributed by atoms with Gasteiger partial charge in [-0.1, -0.05) is 0 Å². The fourth-order valence-electron chi connectivity index (χ4n) is 3.39. The minimum atomic E-state index is -1.64. The Labute approximate surface area is 131 Å². The van der Waals surface area contributed by atoms with Gasteiger partial charge >= 0.3 is 5.97 Å². The lowest BCUT2D eigenvalue weighted by Crippen LogP contribution is -2.40. The second kappa shape index (κ2) is 5.54. The predicted molar refractivity (Wildman–Crippen MR) is 74.0 cm³/mol. The molecule has 124 valence electrons. The van der Waals surface area contributed by atoms with Gasteiger partial charge in [0.25, 0.3) is 5.91 Å². The Hall–Kier alpha value is -2.05. The summed E-state index contributed by atoms with van der Waals surface area (Å²) >= 11 is 0. The number of likely N-dealkylation sites (tertiary alicyclic amines) is 1. The van der Waals surface area contributed by atoms with Crippen LogP contribution in [0.4, 0.5) is 13.2 Å². The number of ether oxygens (including phenoxy) is 1. The standard InChI is InChI=1S/C16H16F3NO3/c1-23-15(22)10-8-16(10)4-6-20(7-5-16)14(21)9-2-3-11(17)13(19)12(9)18/h2-3,10H,4-8H2,1H3/t10-/m0/s1. The van der Waals surface area contributed by atoms with Gasteiger partial charge in [-0.25, -0.2) is 13.2 Å². The number of piperidine rings is 1. The van der Waals surface area contributed by atoms with Crippen LogP contribution in [0.2, 0.25) is 0 Å². The summed E-state index contributed by atoms with van der Waals surface area (Å²) in [7, 11) is 1.35. The number of halogens is 3. The first-order valence-corrected chi connectivity index (χ1v) is 7.40. The SMILES string of the molecule is COC(=O)[C@@H]1CC12CCN(C(=O)c1ccc(F)c(F)c1F)CC2. The number of nitrogens with zero attached hydrogens (tertiary/aromatic N) is 1. The molecule has 1 saturated heterocycles. The van der Waals surface area contributed by atoms with Gasteiger partial charge in [-0.15, -0.1) is 0 Å². The van der Waals surface area contributed by atoms with E-state index >= 15 is 0 Å². The minimum Gasteiger partial charge on any atom is -0.469 e. The Morgan fingerprint density at radius 3 is 2.43 bits per heavy atom. The summed E-state index contributed by atoms with van der Waals surface area (Å²) < 4.78 is 44.7. The molecule has 3 rings (SSSR count). The van der Waals surface area contributed by atoms with Crippen LogP contribution in [0.25, 0.3) is 0 Å². The number of carbonyl (C=O) groups is 2. The Kier molecular flexibility index (Phi) is 3.82. The van der Waals surface area contributed by atoms with Crippen molar-refractivity contribution in [1.29, 1.82) is 0 Å². The highest BCUT2D eigenvalue weighted by molar-refractivity contribution is 5.94. The van der Waals surface area contributed by atoms with E-state index in [0.29, 0.717) is 25.9 Å². The summed E-state index contributed by atoms with van der Waals surface area (Å²) in [6.07, 6.45) is 1.97. The highest BCUT2D eigenvalue weighted by Gasteiger charge is 2.59. The summed E-state index contributed by atoms with van der Waals surface area (Å²) in [5, 5.41) is 0. The molecule has 1 atom stereocenters. The van der Waals surface area contributed by atoms with E-state index in [1.165, 1.54) is 12.0 Å². The molecule has 1 aliphatic heterocycles. The molecule has 7 heteroatoms. The van der Waals surface area contributed by atoms with Crippen LogP contribution in [-0.2, 0) is 9.53 Å². The zero-order valence-electron chi connectivity index (χ0n) is 12.6. The summed E-state index contributed by atoms with van der Waals surface area (Å²) in [6.45, 7) is 0.704. The second-order valence-electron chi connectivity index (χ2n) is 6.16. The van der Waals surface area contributed by atoms with Gasteiger partial charge in [-0.3, -0.25) is 9.59 Å². The van der Waals surface area contributed by atoms with Crippen LogP contribution >= 0.6 is 0 Å². The largest absolute Gasteiger partial charge is 0.469 e. The maximum absolute atomic E-state index is 13.7. The van der Waals surface area contributed by atoms with E-state index in [2.05, 4.69) is 0 Å². The second-order valence-corrected chi connectivity index (χ2v) is 6.16. The van der Waals surface area contributed by atoms with Gasteiger partial charge in [0.1, 0.15) is 0 Å². The van der Waals surface area contributed by atoms with Gasteiger partial charge in [0.15, 0.2) is 17.5 Å². The molecule has 1 saturated carbocycles. The molecule has 23 heavy (non-hydrogen) atoms. The van der Waals surface area contributed by atoms with E-state index in [1.54, 1.807) is 0 Å². The number of methoxy groups -OCH3 is 1. The van der Waals surface area contributed by atoms with Crippen LogP contribution in [0, 0.1) is 28.8 Å². The Balaban J connectivity index is 1.68. The Morgan fingerprint density at radius 2 is 1.83 bits per heavy atom. The zero-order chi connectivity index (χ0) is 16.8. The van der Waals surface area contributed by atoms with Gasteiger partial charge in [0, 0.05) is 13.1 Å². The Bertz CT molecular complexity index is 669. The van der Waals surface area contributed by atoms with Crippen molar-refractivity contribution in [3.05, 3.63) is 35.1 Å². The maximum Gasteiger partial charge on any atom is 0.309 e. The smallest absolute Gasteiger partial charge is 0.309 e. The lowest BCUT2D eigenvalue weighted by atomic mass is 9.90. The third-order valence-electron chi connectivity index (χ3n) is 4.99. The highest BCUT2D eigenvalue weighted by atomic mass is 19.2. The molecule has 0 radical (unpaired) electrons. The third kappa shape index (κ3) is 2.58. The molecule has 0 aromatic heterocycles. The van der Waals surface area contributed by atoms with E-state index in [-0.39, 0.29) is 17.3 Å². The van der Waals surface area contributed by atoms with Crippen LogP contribution in [0.1, 0.15) is 29.6 Å². The quantitative estimate of drug-likeness (QED) is 0.619. The maximum atomic E-state index is 13.7. The zero-order valence-corrected chi connectivity index (χ0v) is 12.6. The molecule has 1 spiro atoms. The van der Waals surface area contributed by atoms with Gasteiger partial charge in [-0.05, 0) is 36.8 Å². The number of hydrogen-bond acceptors (Lipinski definition) is 3. The van der Waals surface area contributed by atoms with Crippen molar-refractivity contribution in [2.75, 3.05) is 20.2 Å². The van der Waals surface area contributed by atoms with Crippen molar-refractivity contribution in [2.24, 2.45) is 11.3 Å². The first-order valence-electron chi connectivity index (χ1n) is 7.40. The van der Waals surface area contributed by atoms with Gasteiger partial charge in [-0.2, -0.15) is 0 Å².